The van der Waals surface area contributed by atoms with Crippen LogP contribution in [0.4, 0.5) is 5.69 Å². The summed E-state index contributed by atoms with van der Waals surface area (Å²) in [5, 5.41) is 0. The second-order valence-electron chi connectivity index (χ2n) is 5.01. The molecule has 1 aliphatic rings. The van der Waals surface area contributed by atoms with Crippen molar-refractivity contribution >= 4 is 5.69 Å². The van der Waals surface area contributed by atoms with E-state index in [1.807, 2.05) is 0 Å². The molecule has 0 saturated heterocycles. The molecule has 1 unspecified atom stereocenters. The van der Waals surface area contributed by atoms with Crippen molar-refractivity contribution in [3.05, 3.63) is 29.3 Å². The fourth-order valence-corrected chi connectivity index (χ4v) is 2.35. The van der Waals surface area contributed by atoms with Crippen molar-refractivity contribution < 1.29 is 0 Å². The van der Waals surface area contributed by atoms with E-state index in [1.54, 1.807) is 0 Å². The zero-order valence-electron chi connectivity index (χ0n) is 10.5. The smallest absolute Gasteiger partial charge is 0.0396 e. The molecule has 1 aromatic carbocycles. The fourth-order valence-electron chi connectivity index (χ4n) is 2.35. The van der Waals surface area contributed by atoms with E-state index in [2.05, 4.69) is 44.0 Å². The van der Waals surface area contributed by atoms with Crippen molar-refractivity contribution in [1.82, 2.24) is 0 Å². The van der Waals surface area contributed by atoms with E-state index in [-0.39, 0.29) is 0 Å². The second-order valence-corrected chi connectivity index (χ2v) is 5.01. The van der Waals surface area contributed by atoms with Crippen molar-refractivity contribution in [1.29, 1.82) is 0 Å². The van der Waals surface area contributed by atoms with Crippen LogP contribution >= 0.6 is 0 Å². The SMILES string of the molecule is Cc1cc(CN)ccc1N(C)C(C)C1CC1. The molecule has 2 N–H and O–H groups in total. The molecule has 0 aliphatic heterocycles. The van der Waals surface area contributed by atoms with Crippen LogP contribution in [0.1, 0.15) is 30.9 Å². The van der Waals surface area contributed by atoms with E-state index >= 15 is 0 Å². The van der Waals surface area contributed by atoms with Crippen LogP contribution in [0.2, 0.25) is 0 Å². The van der Waals surface area contributed by atoms with Gasteiger partial charge in [0.1, 0.15) is 0 Å². The summed E-state index contributed by atoms with van der Waals surface area (Å²) in [5.74, 6) is 0.901. The molecule has 1 aromatic rings. The fraction of sp³-hybridized carbons (Fsp3) is 0.571. The van der Waals surface area contributed by atoms with Crippen LogP contribution in [0.25, 0.3) is 0 Å². The molecule has 2 nitrogen and oxygen atoms in total. The maximum absolute atomic E-state index is 5.65. The molecule has 0 bridgehead atoms. The third kappa shape index (κ3) is 2.22. The number of rotatable bonds is 4. The molecule has 16 heavy (non-hydrogen) atoms. The monoisotopic (exact) mass is 218 g/mol. The maximum Gasteiger partial charge on any atom is 0.0396 e. The Morgan fingerprint density at radius 2 is 2.12 bits per heavy atom. The summed E-state index contributed by atoms with van der Waals surface area (Å²) in [6, 6.07) is 7.20. The predicted molar refractivity (Wildman–Crippen MR) is 69.7 cm³/mol. The molecule has 1 atom stereocenters. The topological polar surface area (TPSA) is 29.3 Å². The molecule has 1 saturated carbocycles. The Balaban J connectivity index is 2.18. The molecule has 0 radical (unpaired) electrons. The molecule has 2 rings (SSSR count). The molecule has 1 fully saturated rings. The summed E-state index contributed by atoms with van der Waals surface area (Å²) >= 11 is 0. The summed E-state index contributed by atoms with van der Waals surface area (Å²) < 4.78 is 0. The average Bonchev–Trinajstić information content (AvgIpc) is 3.10. The van der Waals surface area contributed by atoms with E-state index in [0.29, 0.717) is 12.6 Å². The number of benzene rings is 1. The maximum atomic E-state index is 5.65. The zero-order valence-corrected chi connectivity index (χ0v) is 10.5. The van der Waals surface area contributed by atoms with Crippen molar-refractivity contribution in [2.24, 2.45) is 11.7 Å². The zero-order chi connectivity index (χ0) is 11.7. The molecule has 0 amide bonds. The van der Waals surface area contributed by atoms with Gasteiger partial charge in [0, 0.05) is 25.3 Å². The van der Waals surface area contributed by atoms with Gasteiger partial charge in [-0.1, -0.05) is 12.1 Å². The quantitative estimate of drug-likeness (QED) is 0.842. The lowest BCUT2D eigenvalue weighted by molar-refractivity contribution is 0.608. The van der Waals surface area contributed by atoms with Crippen molar-refractivity contribution in [2.75, 3.05) is 11.9 Å². The van der Waals surface area contributed by atoms with Crippen molar-refractivity contribution in [3.63, 3.8) is 0 Å². The highest BCUT2D eigenvalue weighted by molar-refractivity contribution is 5.54. The lowest BCUT2D eigenvalue weighted by atomic mass is 10.1. The minimum absolute atomic E-state index is 0.628. The Morgan fingerprint density at radius 1 is 1.44 bits per heavy atom. The third-order valence-corrected chi connectivity index (χ3v) is 3.79. The molecule has 0 heterocycles. The van der Waals surface area contributed by atoms with Gasteiger partial charge in [-0.25, -0.2) is 0 Å². The van der Waals surface area contributed by atoms with E-state index < -0.39 is 0 Å². The van der Waals surface area contributed by atoms with Crippen LogP contribution in [0.5, 0.6) is 0 Å². The highest BCUT2D eigenvalue weighted by atomic mass is 15.1. The predicted octanol–water partition coefficient (Wildman–Crippen LogP) is 2.69. The Bertz CT molecular complexity index is 369. The molecular weight excluding hydrogens is 196 g/mol. The Morgan fingerprint density at radius 3 is 2.62 bits per heavy atom. The normalized spacial score (nSPS) is 17.2. The molecule has 0 aromatic heterocycles. The van der Waals surface area contributed by atoms with Crippen LogP contribution < -0.4 is 10.6 Å². The number of aryl methyl sites for hydroxylation is 1. The van der Waals surface area contributed by atoms with Gasteiger partial charge in [-0.15, -0.1) is 0 Å². The Labute approximate surface area is 98.4 Å². The number of nitrogens with zero attached hydrogens (tertiary/aromatic N) is 1. The molecular formula is C14H22N2. The summed E-state index contributed by atoms with van der Waals surface area (Å²) in [6.07, 6.45) is 2.79. The van der Waals surface area contributed by atoms with Crippen LogP contribution in [0.15, 0.2) is 18.2 Å². The van der Waals surface area contributed by atoms with Crippen molar-refractivity contribution in [2.45, 2.75) is 39.3 Å². The van der Waals surface area contributed by atoms with Crippen LogP contribution in [-0.2, 0) is 6.54 Å². The van der Waals surface area contributed by atoms with E-state index in [9.17, 15) is 0 Å². The van der Waals surface area contributed by atoms with E-state index in [1.165, 1.54) is 29.7 Å². The first kappa shape index (κ1) is 11.5. The minimum Gasteiger partial charge on any atom is -0.371 e. The van der Waals surface area contributed by atoms with Crippen LogP contribution in [-0.4, -0.2) is 13.1 Å². The number of anilines is 1. The molecule has 1 aliphatic carbocycles. The Kier molecular flexibility index (Phi) is 3.20. The van der Waals surface area contributed by atoms with Gasteiger partial charge in [-0.2, -0.15) is 0 Å². The number of hydrogen-bond donors (Lipinski definition) is 1. The first-order chi connectivity index (χ1) is 7.63. The Hall–Kier alpha value is -1.02. The van der Waals surface area contributed by atoms with Gasteiger partial charge in [0.25, 0.3) is 0 Å². The van der Waals surface area contributed by atoms with Crippen LogP contribution in [0.3, 0.4) is 0 Å². The van der Waals surface area contributed by atoms with Gasteiger partial charge in [0.15, 0.2) is 0 Å². The molecule has 2 heteroatoms. The highest BCUT2D eigenvalue weighted by Crippen LogP contribution is 2.36. The van der Waals surface area contributed by atoms with Gasteiger partial charge in [0.2, 0.25) is 0 Å². The summed E-state index contributed by atoms with van der Waals surface area (Å²) in [5.41, 5.74) is 9.54. The van der Waals surface area contributed by atoms with Gasteiger partial charge < -0.3 is 10.6 Å². The number of hydrogen-bond acceptors (Lipinski definition) is 2. The molecule has 0 spiro atoms. The third-order valence-electron chi connectivity index (χ3n) is 3.79. The summed E-state index contributed by atoms with van der Waals surface area (Å²) in [6.45, 7) is 5.13. The molecule has 88 valence electrons. The largest absolute Gasteiger partial charge is 0.371 e. The average molecular weight is 218 g/mol. The summed E-state index contributed by atoms with van der Waals surface area (Å²) in [7, 11) is 2.20. The number of nitrogens with two attached hydrogens (primary N) is 1. The lowest BCUT2D eigenvalue weighted by Gasteiger charge is -2.28. The van der Waals surface area contributed by atoms with Crippen molar-refractivity contribution in [3.8, 4) is 0 Å². The van der Waals surface area contributed by atoms with E-state index in [4.69, 9.17) is 5.73 Å². The highest BCUT2D eigenvalue weighted by Gasteiger charge is 2.30. The van der Waals surface area contributed by atoms with Gasteiger partial charge >= 0.3 is 0 Å². The first-order valence-electron chi connectivity index (χ1n) is 6.16. The second kappa shape index (κ2) is 4.46. The van der Waals surface area contributed by atoms with Crippen LogP contribution in [0, 0.1) is 12.8 Å². The first-order valence-corrected chi connectivity index (χ1v) is 6.16. The standard InChI is InChI=1S/C14H22N2/c1-10-8-12(9-15)4-7-14(10)16(3)11(2)13-5-6-13/h4,7-8,11,13H,5-6,9,15H2,1-3H3. The van der Waals surface area contributed by atoms with Gasteiger partial charge in [-0.05, 0) is 49.8 Å². The van der Waals surface area contributed by atoms with Gasteiger partial charge in [0.05, 0.1) is 0 Å². The lowest BCUT2D eigenvalue weighted by Crippen LogP contribution is -2.31. The minimum atomic E-state index is 0.628. The van der Waals surface area contributed by atoms with Gasteiger partial charge in [-0.3, -0.25) is 0 Å². The van der Waals surface area contributed by atoms with E-state index in [0.717, 1.165) is 5.92 Å². The summed E-state index contributed by atoms with van der Waals surface area (Å²) in [4.78, 5) is 2.41.